The van der Waals surface area contributed by atoms with Crippen LogP contribution in [0, 0.1) is 0 Å². The summed E-state index contributed by atoms with van der Waals surface area (Å²) in [6.07, 6.45) is -7.89. The predicted molar refractivity (Wildman–Crippen MR) is 167 cm³/mol. The largest absolute Gasteiger partial charge is 0.459 e. The van der Waals surface area contributed by atoms with Crippen LogP contribution in [0.25, 0.3) is 10.4 Å². The molecule has 3 aromatic carbocycles. The van der Waals surface area contributed by atoms with Crippen LogP contribution < -0.4 is 0 Å². The maximum atomic E-state index is 12.3. The molecular formula is C35H37N3O10. The van der Waals surface area contributed by atoms with Gasteiger partial charge in [-0.15, -0.1) is 0 Å². The van der Waals surface area contributed by atoms with Gasteiger partial charge in [0.25, 0.3) is 0 Å². The minimum Gasteiger partial charge on any atom is -0.459 e. The van der Waals surface area contributed by atoms with E-state index in [2.05, 4.69) is 10.0 Å². The minimum absolute atomic E-state index is 0.137. The van der Waals surface area contributed by atoms with Gasteiger partial charge in [-0.1, -0.05) is 96.1 Å². The van der Waals surface area contributed by atoms with Crippen LogP contribution in [0.2, 0.25) is 0 Å². The van der Waals surface area contributed by atoms with Crippen LogP contribution in [0.15, 0.2) is 96.1 Å². The molecule has 0 radical (unpaired) electrons. The molecule has 11 atom stereocenters. The fourth-order valence-corrected chi connectivity index (χ4v) is 6.52. The van der Waals surface area contributed by atoms with E-state index in [9.17, 15) is 10.3 Å². The van der Waals surface area contributed by atoms with Gasteiger partial charge >= 0.3 is 5.97 Å². The number of fused-ring (bicyclic) bond motifs is 3. The van der Waals surface area contributed by atoms with Gasteiger partial charge in [-0.05, 0) is 16.7 Å². The molecule has 2 unspecified atom stereocenters. The molecule has 252 valence electrons. The Labute approximate surface area is 277 Å². The molecule has 13 nitrogen and oxygen atoms in total. The van der Waals surface area contributed by atoms with Gasteiger partial charge in [0.2, 0.25) is 0 Å². The molecule has 4 fully saturated rings. The topological polar surface area (TPSA) is 149 Å². The van der Waals surface area contributed by atoms with Crippen molar-refractivity contribution in [1.29, 1.82) is 0 Å². The summed E-state index contributed by atoms with van der Waals surface area (Å²) < 4.78 is 56.8. The van der Waals surface area contributed by atoms with E-state index in [0.717, 1.165) is 16.7 Å². The number of ether oxygens (including phenoxy) is 9. The van der Waals surface area contributed by atoms with Crippen molar-refractivity contribution in [1.82, 2.24) is 0 Å². The van der Waals surface area contributed by atoms with Crippen LogP contribution in [0.5, 0.6) is 0 Å². The first-order valence-electron chi connectivity index (χ1n) is 16.0. The van der Waals surface area contributed by atoms with Crippen LogP contribution >= 0.6 is 0 Å². The molecule has 0 spiro atoms. The standard InChI is InChI=1S/C35H37N3O10/c1-21(39)44-30-27(37-38-36)34-43-20-25(45-34)28(30)48-35-32(41-18-23-13-7-3-8-14-23)31(40-17-22-11-5-2-6-12-22)29-26(46-35)19-42-33(47-29)24-15-9-4-10-16-24/h2-16,25-35H,17-20H2,1H3/t25-,26-,27?,28+,29+,30-,31-,32-,33?,34-,35+/m1/s1. The highest BCUT2D eigenvalue weighted by atomic mass is 16.8. The van der Waals surface area contributed by atoms with Crippen LogP contribution in [-0.2, 0) is 60.6 Å². The molecule has 4 saturated heterocycles. The van der Waals surface area contributed by atoms with Crippen molar-refractivity contribution in [3.05, 3.63) is 118 Å². The number of carbonyl (C=O) groups excluding carboxylic acids is 1. The quantitative estimate of drug-likeness (QED) is 0.122. The SMILES string of the molecule is CC(=O)O[C@@H]1C(N=[N+]=[N-])[C@@H]2OC[C@@H](O2)[C@@H]1O[C@@H]1O[C@@H]2COC(c3ccccc3)O[C@@H]2[C@@H](OCc2ccccc2)[C@H]1OCc1ccccc1. The Morgan fingerprint density at radius 1 is 0.771 bits per heavy atom. The molecule has 0 amide bonds. The van der Waals surface area contributed by atoms with Crippen molar-refractivity contribution in [3.63, 3.8) is 0 Å². The Morgan fingerprint density at radius 3 is 2.04 bits per heavy atom. The molecule has 48 heavy (non-hydrogen) atoms. The summed E-state index contributed by atoms with van der Waals surface area (Å²) >= 11 is 0. The highest BCUT2D eigenvalue weighted by Crippen LogP contribution is 2.40. The van der Waals surface area contributed by atoms with E-state index in [1.165, 1.54) is 6.92 Å². The zero-order valence-electron chi connectivity index (χ0n) is 26.3. The molecule has 0 aliphatic carbocycles. The second-order valence-corrected chi connectivity index (χ2v) is 12.0. The summed E-state index contributed by atoms with van der Waals surface area (Å²) in [4.78, 5) is 15.2. The average molecular weight is 660 g/mol. The molecule has 4 aliphatic heterocycles. The summed E-state index contributed by atoms with van der Waals surface area (Å²) in [6.45, 7) is 2.10. The van der Waals surface area contributed by atoms with Crippen LogP contribution in [-0.4, -0.2) is 80.5 Å². The maximum Gasteiger partial charge on any atom is 0.303 e. The first-order valence-corrected chi connectivity index (χ1v) is 16.0. The first-order chi connectivity index (χ1) is 23.6. The third-order valence-corrected chi connectivity index (χ3v) is 8.74. The Bertz CT molecular complexity index is 1550. The number of esters is 1. The summed E-state index contributed by atoms with van der Waals surface area (Å²) in [6, 6.07) is 28.2. The second-order valence-electron chi connectivity index (χ2n) is 12.0. The monoisotopic (exact) mass is 659 g/mol. The van der Waals surface area contributed by atoms with Gasteiger partial charge in [0.05, 0.1) is 26.4 Å². The third kappa shape index (κ3) is 7.25. The Balaban J connectivity index is 1.22. The van der Waals surface area contributed by atoms with E-state index in [-0.39, 0.29) is 26.4 Å². The van der Waals surface area contributed by atoms with Crippen molar-refractivity contribution in [2.24, 2.45) is 5.11 Å². The fraction of sp³-hybridized carbons (Fsp3) is 0.457. The van der Waals surface area contributed by atoms with Crippen LogP contribution in [0.4, 0.5) is 0 Å². The summed E-state index contributed by atoms with van der Waals surface area (Å²) in [5, 5.41) is 3.85. The molecule has 4 aliphatic rings. The highest BCUT2D eigenvalue weighted by molar-refractivity contribution is 5.66. The van der Waals surface area contributed by atoms with Gasteiger partial charge < -0.3 is 42.6 Å². The fourth-order valence-electron chi connectivity index (χ4n) is 6.52. The van der Waals surface area contributed by atoms with Gasteiger partial charge in [-0.3, -0.25) is 4.79 Å². The van der Waals surface area contributed by atoms with Crippen LogP contribution in [0.3, 0.4) is 0 Å². The molecule has 0 N–H and O–H groups in total. The summed E-state index contributed by atoms with van der Waals surface area (Å²) in [7, 11) is 0. The van der Waals surface area contributed by atoms with Crippen molar-refractivity contribution in [2.45, 2.75) is 87.8 Å². The lowest BCUT2D eigenvalue weighted by Crippen LogP contribution is -2.65. The van der Waals surface area contributed by atoms with E-state index in [0.29, 0.717) is 0 Å². The molecule has 4 heterocycles. The van der Waals surface area contributed by atoms with Crippen molar-refractivity contribution in [3.8, 4) is 0 Å². The van der Waals surface area contributed by atoms with Crippen molar-refractivity contribution >= 4 is 5.97 Å². The number of nitrogens with zero attached hydrogens (tertiary/aromatic N) is 3. The van der Waals surface area contributed by atoms with E-state index >= 15 is 0 Å². The molecule has 7 rings (SSSR count). The smallest absolute Gasteiger partial charge is 0.303 e. The van der Waals surface area contributed by atoms with E-state index in [1.54, 1.807) is 0 Å². The first kappa shape index (κ1) is 32.7. The molecule has 13 heteroatoms. The Kier molecular flexibility index (Phi) is 10.3. The number of hydrogen-bond acceptors (Lipinski definition) is 11. The van der Waals surface area contributed by atoms with Gasteiger partial charge in [-0.2, -0.15) is 0 Å². The van der Waals surface area contributed by atoms with Crippen molar-refractivity contribution in [2.75, 3.05) is 13.2 Å². The average Bonchev–Trinajstić information content (AvgIpc) is 3.56. The lowest BCUT2D eigenvalue weighted by Gasteiger charge is -2.50. The Hall–Kier alpha value is -3.88. The lowest BCUT2D eigenvalue weighted by molar-refractivity contribution is -0.384. The van der Waals surface area contributed by atoms with E-state index in [1.807, 2.05) is 91.0 Å². The van der Waals surface area contributed by atoms with Crippen LogP contribution in [0.1, 0.15) is 29.9 Å². The summed E-state index contributed by atoms with van der Waals surface area (Å²) in [5.74, 6) is -0.570. The predicted octanol–water partition coefficient (Wildman–Crippen LogP) is 4.75. The normalized spacial score (nSPS) is 34.1. The van der Waals surface area contributed by atoms with E-state index < -0.39 is 73.6 Å². The zero-order chi connectivity index (χ0) is 32.9. The van der Waals surface area contributed by atoms with Gasteiger partial charge in [0.15, 0.2) is 18.9 Å². The number of benzene rings is 3. The summed E-state index contributed by atoms with van der Waals surface area (Å²) in [5.41, 5.74) is 12.1. The van der Waals surface area contributed by atoms with Gasteiger partial charge in [-0.25, -0.2) is 0 Å². The number of hydrogen-bond donors (Lipinski definition) is 0. The minimum atomic E-state index is -1.06. The van der Waals surface area contributed by atoms with E-state index in [4.69, 9.17) is 42.6 Å². The molecule has 2 bridgehead atoms. The number of rotatable bonds is 11. The third-order valence-electron chi connectivity index (χ3n) is 8.74. The Morgan fingerprint density at radius 2 is 1.40 bits per heavy atom. The molecule has 0 aromatic heterocycles. The second kappa shape index (κ2) is 15.1. The lowest BCUT2D eigenvalue weighted by atomic mass is 9.95. The zero-order valence-corrected chi connectivity index (χ0v) is 26.3. The van der Waals surface area contributed by atoms with Crippen molar-refractivity contribution < 1.29 is 47.4 Å². The molecule has 3 aromatic rings. The maximum absolute atomic E-state index is 12.3. The number of carbonyl (C=O) groups is 1. The molecule has 0 saturated carbocycles. The number of azide groups is 1. The highest BCUT2D eigenvalue weighted by Gasteiger charge is 2.57. The molecular weight excluding hydrogens is 622 g/mol. The van der Waals surface area contributed by atoms with Gasteiger partial charge in [0.1, 0.15) is 48.8 Å². The van der Waals surface area contributed by atoms with Gasteiger partial charge in [0, 0.05) is 17.4 Å².